The largest absolute Gasteiger partial charge is 0.450 e. The van der Waals surface area contributed by atoms with Crippen LogP contribution >= 0.6 is 11.6 Å². The number of rotatable bonds is 5. The molecule has 6 saturated carbocycles. The Morgan fingerprint density at radius 3 is 2.21 bits per heavy atom. The molecule has 56 heavy (non-hydrogen) atoms. The molecule has 7 nitrogen and oxygen atoms in total. The van der Waals surface area contributed by atoms with Gasteiger partial charge in [-0.05, 0) is 137 Å². The van der Waals surface area contributed by atoms with Gasteiger partial charge < -0.3 is 9.84 Å². The van der Waals surface area contributed by atoms with Crippen LogP contribution in [0.5, 0.6) is 0 Å². The summed E-state index contributed by atoms with van der Waals surface area (Å²) in [6.07, 6.45) is 15.5. The van der Waals surface area contributed by atoms with E-state index < -0.39 is 40.1 Å². The summed E-state index contributed by atoms with van der Waals surface area (Å²) in [5.74, 6) is 0.338. The molecule has 8 aliphatic carbocycles. The number of hydrogen-bond acceptors (Lipinski definition) is 7. The number of carbonyl (C=O) groups is 5. The molecule has 0 aromatic rings. The minimum Gasteiger partial charge on any atom is -0.450 e. The van der Waals surface area contributed by atoms with Gasteiger partial charge in [-0.15, -0.1) is 11.6 Å². The molecule has 0 unspecified atom stereocenters. The van der Waals surface area contributed by atoms with Gasteiger partial charge in [0, 0.05) is 40.9 Å². The fourth-order valence-corrected chi connectivity index (χ4v) is 15.4. The van der Waals surface area contributed by atoms with Crippen molar-refractivity contribution in [3.8, 4) is 0 Å². The molecule has 6 fully saturated rings. The van der Waals surface area contributed by atoms with E-state index in [0.717, 1.165) is 37.5 Å². The van der Waals surface area contributed by atoms with Crippen LogP contribution in [0.3, 0.4) is 0 Å². The molecule has 0 heterocycles. The normalized spacial score (nSPS) is 48.7. The number of alkyl halides is 2. The molecule has 8 aliphatic rings. The van der Waals surface area contributed by atoms with Crippen molar-refractivity contribution in [1.29, 1.82) is 0 Å². The lowest BCUT2D eigenvalue weighted by atomic mass is 9.44. The molecule has 0 aromatic heterocycles. The summed E-state index contributed by atoms with van der Waals surface area (Å²) < 4.78 is 23.1. The smallest absolute Gasteiger partial charge is 0.306 e. The average Bonchev–Trinajstić information content (AvgIpc) is 3.56. The molecule has 0 amide bonds. The molecule has 0 aromatic carbocycles. The van der Waals surface area contributed by atoms with Crippen LogP contribution in [0.2, 0.25) is 0 Å². The summed E-state index contributed by atoms with van der Waals surface area (Å²) >= 11 is 6.01. The number of ketones is 4. The molecule has 0 aliphatic heterocycles. The summed E-state index contributed by atoms with van der Waals surface area (Å²) in [6.45, 7) is 16.0. The van der Waals surface area contributed by atoms with Crippen molar-refractivity contribution in [3.05, 3.63) is 35.5 Å². The molecule has 0 spiro atoms. The number of halogens is 2. The number of fused-ring (bicyclic) bond motifs is 10. The minimum atomic E-state index is -1.99. The van der Waals surface area contributed by atoms with Gasteiger partial charge in [-0.1, -0.05) is 58.8 Å². The van der Waals surface area contributed by atoms with Crippen molar-refractivity contribution in [2.45, 2.75) is 156 Å². The van der Waals surface area contributed by atoms with Crippen molar-refractivity contribution in [2.75, 3.05) is 5.88 Å². The number of hydrogen-bond donors (Lipinski definition) is 1. The Kier molecular flexibility index (Phi) is 10.3. The third-order valence-electron chi connectivity index (χ3n) is 18.6. The summed E-state index contributed by atoms with van der Waals surface area (Å²) in [4.78, 5) is 62.1. The topological polar surface area (TPSA) is 115 Å². The van der Waals surface area contributed by atoms with Gasteiger partial charge in [-0.3, -0.25) is 24.0 Å². The number of Topliss-reactive ketones (excluding diaryl/α,β-unsaturated/α-hetero) is 2. The van der Waals surface area contributed by atoms with Gasteiger partial charge in [-0.2, -0.15) is 0 Å². The van der Waals surface area contributed by atoms with Gasteiger partial charge in [-0.25, -0.2) is 4.39 Å². The Hall–Kier alpha value is -2.45. The standard InChI is InChI=1S/C25H32ClFO5.C22H32O2/c1-5-21(31)32-25(20(30)13-26)14(2)10-18-17-7-6-15-11-16(28)8-9-22(15,3)24(17,27)19(29)12-23(18,25)4;1-14(23)21(3)11-9-19-17-6-5-15-13-16(24)7-10-20(15,2)18(17)8-12-22(19,21)4/h8-9,11,14,17-19,29H,5-7,10,12-13H2,1-4H3;13,17-19H,5-12H2,1-4H3/t14-,17-,18-,19-,22-,23-,24-,25-;17-,18+,19+,20+,21-,22+/m01/s1. The van der Waals surface area contributed by atoms with E-state index in [1.165, 1.54) is 43.4 Å². The Labute approximate surface area is 338 Å². The van der Waals surface area contributed by atoms with Crippen LogP contribution in [0.1, 0.15) is 139 Å². The first-order valence-corrected chi connectivity index (χ1v) is 22.0. The molecule has 0 radical (unpaired) electrons. The average molecular weight is 795 g/mol. The molecular formula is C47H64ClFO7. The van der Waals surface area contributed by atoms with E-state index in [4.69, 9.17) is 16.3 Å². The zero-order valence-corrected chi connectivity index (χ0v) is 35.7. The molecular weight excluding hydrogens is 731 g/mol. The monoisotopic (exact) mass is 794 g/mol. The van der Waals surface area contributed by atoms with E-state index in [1.807, 2.05) is 26.8 Å². The molecule has 1 N–H and O–H groups in total. The Morgan fingerprint density at radius 1 is 0.875 bits per heavy atom. The SMILES string of the molecule is CC(=O)[C@@]1(C)CC[C@H]2[C@@H]3CCC4=CC(=O)CC[C@]4(C)[C@H]3CC[C@@]21C.CCC(=O)O[C@]1(C(=O)CCl)[C@@H](C)C[C@H]2[C@@H]3CCC4=CC(=O)C=C[C@]4(C)[C@@]3(F)[C@@H](O)C[C@@]21C. The number of esters is 1. The highest BCUT2D eigenvalue weighted by Gasteiger charge is 2.77. The fourth-order valence-electron chi connectivity index (χ4n) is 15.2. The number of carbonyl (C=O) groups excluding carboxylic acids is 5. The lowest BCUT2D eigenvalue weighted by molar-refractivity contribution is -0.227. The number of ether oxygens (including phenoxy) is 1. The predicted molar refractivity (Wildman–Crippen MR) is 213 cm³/mol. The maximum absolute atomic E-state index is 17.2. The quantitative estimate of drug-likeness (QED) is 0.218. The van der Waals surface area contributed by atoms with Crippen molar-refractivity contribution in [2.24, 2.45) is 62.6 Å². The zero-order valence-electron chi connectivity index (χ0n) is 34.9. The lowest BCUT2D eigenvalue weighted by Crippen LogP contribution is -2.70. The van der Waals surface area contributed by atoms with Crippen LogP contribution in [0.25, 0.3) is 0 Å². The fraction of sp³-hybridized carbons (Fsp3) is 0.766. The predicted octanol–water partition coefficient (Wildman–Crippen LogP) is 9.22. The van der Waals surface area contributed by atoms with E-state index in [-0.39, 0.29) is 58.4 Å². The third-order valence-corrected chi connectivity index (χ3v) is 18.9. The molecule has 0 bridgehead atoms. The van der Waals surface area contributed by atoms with Crippen LogP contribution < -0.4 is 0 Å². The van der Waals surface area contributed by atoms with Gasteiger partial charge in [0.25, 0.3) is 0 Å². The van der Waals surface area contributed by atoms with E-state index in [2.05, 4.69) is 20.8 Å². The van der Waals surface area contributed by atoms with Crippen LogP contribution in [-0.4, -0.2) is 57.5 Å². The maximum atomic E-state index is 17.2. The zero-order chi connectivity index (χ0) is 41.0. The van der Waals surface area contributed by atoms with Gasteiger partial charge in [0.2, 0.25) is 0 Å². The third kappa shape index (κ3) is 5.37. The Balaban J connectivity index is 0.000000178. The van der Waals surface area contributed by atoms with Crippen LogP contribution in [-0.2, 0) is 28.7 Å². The highest BCUT2D eigenvalue weighted by molar-refractivity contribution is 6.29. The first-order valence-electron chi connectivity index (χ1n) is 21.5. The first-order chi connectivity index (χ1) is 26.1. The number of allylic oxidation sites excluding steroid dienone is 5. The second kappa shape index (κ2) is 13.8. The van der Waals surface area contributed by atoms with Crippen LogP contribution in [0.15, 0.2) is 35.5 Å². The van der Waals surface area contributed by atoms with Crippen LogP contribution in [0.4, 0.5) is 4.39 Å². The van der Waals surface area contributed by atoms with Crippen molar-refractivity contribution in [3.63, 3.8) is 0 Å². The van der Waals surface area contributed by atoms with E-state index in [0.29, 0.717) is 42.3 Å². The molecule has 9 heteroatoms. The van der Waals surface area contributed by atoms with Crippen molar-refractivity contribution < 1.29 is 38.2 Å². The summed E-state index contributed by atoms with van der Waals surface area (Å²) in [7, 11) is 0. The van der Waals surface area contributed by atoms with Gasteiger partial charge in [0.15, 0.2) is 28.6 Å². The Bertz CT molecular complexity index is 1820. The maximum Gasteiger partial charge on any atom is 0.306 e. The summed E-state index contributed by atoms with van der Waals surface area (Å²) in [5.41, 5.74) is -3.09. The summed E-state index contributed by atoms with van der Waals surface area (Å²) in [5, 5.41) is 11.4. The van der Waals surface area contributed by atoms with Gasteiger partial charge in [0.1, 0.15) is 5.78 Å². The molecule has 0 saturated heterocycles. The second-order valence-electron chi connectivity index (χ2n) is 20.4. The van der Waals surface area contributed by atoms with Crippen molar-refractivity contribution >= 4 is 40.7 Å². The number of aliphatic hydroxyl groups excluding tert-OH is 1. The lowest BCUT2D eigenvalue weighted by Gasteiger charge is -2.62. The van der Waals surface area contributed by atoms with Gasteiger partial charge >= 0.3 is 5.97 Å². The molecule has 14 atom stereocenters. The van der Waals surface area contributed by atoms with Crippen molar-refractivity contribution in [1.82, 2.24) is 0 Å². The Morgan fingerprint density at radius 2 is 1.55 bits per heavy atom. The second-order valence-corrected chi connectivity index (χ2v) is 20.6. The highest BCUT2D eigenvalue weighted by atomic mass is 35.5. The van der Waals surface area contributed by atoms with Crippen LogP contribution in [0, 0.1) is 62.6 Å². The minimum absolute atomic E-state index is 0.0285. The molecule has 8 rings (SSSR count). The van der Waals surface area contributed by atoms with E-state index >= 15 is 4.39 Å². The molecule has 308 valence electrons. The van der Waals surface area contributed by atoms with E-state index in [9.17, 15) is 29.1 Å². The van der Waals surface area contributed by atoms with Gasteiger partial charge in [0.05, 0.1) is 12.0 Å². The highest BCUT2D eigenvalue weighted by Crippen LogP contribution is 2.72. The summed E-state index contributed by atoms with van der Waals surface area (Å²) in [6, 6.07) is 0. The first kappa shape index (κ1) is 41.7. The van der Waals surface area contributed by atoms with E-state index in [1.54, 1.807) is 19.9 Å². The number of aliphatic hydroxyl groups is 1.